The first kappa shape index (κ1) is 13.8. The summed E-state index contributed by atoms with van der Waals surface area (Å²) in [6.07, 6.45) is 0.348. The van der Waals surface area contributed by atoms with Gasteiger partial charge in [-0.1, -0.05) is 0 Å². The Kier molecular flexibility index (Phi) is 4.37. The first-order valence-corrected chi connectivity index (χ1v) is 5.97. The van der Waals surface area contributed by atoms with Crippen LogP contribution in [0.4, 0.5) is 4.79 Å². The van der Waals surface area contributed by atoms with Crippen molar-refractivity contribution in [2.24, 2.45) is 11.8 Å². The number of hydrogen-bond acceptors (Lipinski definition) is 4. The van der Waals surface area contributed by atoms with E-state index in [1.54, 1.807) is 6.92 Å². The predicted octanol–water partition coefficient (Wildman–Crippen LogP) is 1.71. The lowest BCUT2D eigenvalue weighted by Crippen LogP contribution is -2.33. The molecule has 5 heteroatoms. The summed E-state index contributed by atoms with van der Waals surface area (Å²) >= 11 is 0. The van der Waals surface area contributed by atoms with E-state index in [0.717, 1.165) is 6.42 Å². The summed E-state index contributed by atoms with van der Waals surface area (Å²) in [5.41, 5.74) is -0.492. The van der Waals surface area contributed by atoms with Crippen molar-refractivity contribution < 1.29 is 19.1 Å². The van der Waals surface area contributed by atoms with Gasteiger partial charge in [-0.15, -0.1) is 0 Å². The largest absolute Gasteiger partial charge is 0.466 e. The highest BCUT2D eigenvalue weighted by Gasteiger charge is 2.44. The molecule has 1 saturated carbocycles. The normalized spacial score (nSPS) is 22.8. The lowest BCUT2D eigenvalue weighted by atomic mass is 10.2. The number of carbonyl (C=O) groups excluding carboxylic acids is 2. The minimum absolute atomic E-state index is 0.0510. The first-order chi connectivity index (χ1) is 7.83. The maximum absolute atomic E-state index is 11.3. The minimum atomic E-state index is -0.492. The summed E-state index contributed by atoms with van der Waals surface area (Å²) in [5.74, 6) is -0.0186. The van der Waals surface area contributed by atoms with Crippen molar-refractivity contribution in [3.8, 4) is 0 Å². The first-order valence-electron chi connectivity index (χ1n) is 5.97. The number of amides is 1. The molecule has 0 spiro atoms. The van der Waals surface area contributed by atoms with Gasteiger partial charge in [0.05, 0.1) is 12.5 Å². The van der Waals surface area contributed by atoms with Gasteiger partial charge in [-0.25, -0.2) is 4.79 Å². The highest BCUT2D eigenvalue weighted by Crippen LogP contribution is 2.38. The molecule has 2 atom stereocenters. The Morgan fingerprint density at radius 1 is 1.35 bits per heavy atom. The van der Waals surface area contributed by atoms with Crippen LogP contribution < -0.4 is 5.32 Å². The van der Waals surface area contributed by atoms with Crippen molar-refractivity contribution in [1.29, 1.82) is 0 Å². The maximum atomic E-state index is 11.3. The molecule has 1 aliphatic rings. The molecule has 1 fully saturated rings. The van der Waals surface area contributed by atoms with Crippen LogP contribution in [0, 0.1) is 11.8 Å². The van der Waals surface area contributed by atoms with Gasteiger partial charge in [0, 0.05) is 6.54 Å². The summed E-state index contributed by atoms with van der Waals surface area (Å²) in [4.78, 5) is 22.7. The van der Waals surface area contributed by atoms with Gasteiger partial charge in [0.15, 0.2) is 0 Å². The summed E-state index contributed by atoms with van der Waals surface area (Å²) in [6, 6.07) is 0. The Bertz CT molecular complexity index is 295. The van der Waals surface area contributed by atoms with Crippen LogP contribution in [0.2, 0.25) is 0 Å². The number of ether oxygens (including phenoxy) is 2. The van der Waals surface area contributed by atoms with Crippen molar-refractivity contribution in [3.05, 3.63) is 0 Å². The highest BCUT2D eigenvalue weighted by molar-refractivity contribution is 5.76. The topological polar surface area (TPSA) is 64.6 Å². The van der Waals surface area contributed by atoms with Crippen LogP contribution in [-0.4, -0.2) is 30.8 Å². The molecule has 1 N–H and O–H groups in total. The van der Waals surface area contributed by atoms with Crippen LogP contribution in [0.5, 0.6) is 0 Å². The third-order valence-corrected chi connectivity index (χ3v) is 2.42. The molecule has 1 aliphatic carbocycles. The van der Waals surface area contributed by atoms with E-state index in [0.29, 0.717) is 13.2 Å². The Morgan fingerprint density at radius 3 is 2.53 bits per heavy atom. The molecule has 0 aromatic rings. The van der Waals surface area contributed by atoms with Crippen LogP contribution in [0.3, 0.4) is 0 Å². The monoisotopic (exact) mass is 243 g/mol. The highest BCUT2D eigenvalue weighted by atomic mass is 16.6. The molecule has 0 bridgehead atoms. The number of esters is 1. The van der Waals surface area contributed by atoms with Crippen molar-refractivity contribution >= 4 is 12.1 Å². The van der Waals surface area contributed by atoms with E-state index in [1.165, 1.54) is 0 Å². The molecule has 0 aliphatic heterocycles. The number of carbonyl (C=O) groups is 2. The smallest absolute Gasteiger partial charge is 0.407 e. The molecule has 17 heavy (non-hydrogen) atoms. The SMILES string of the molecule is CCOC(=O)[C@H]1C[C@H]1CNC(=O)OC(C)(C)C. The molecule has 1 rings (SSSR count). The average Bonchev–Trinajstić information content (AvgIpc) is 2.91. The Balaban J connectivity index is 2.17. The molecular formula is C12H21NO4. The lowest BCUT2D eigenvalue weighted by Gasteiger charge is -2.19. The van der Waals surface area contributed by atoms with E-state index in [-0.39, 0.29) is 17.8 Å². The van der Waals surface area contributed by atoms with Gasteiger partial charge in [-0.2, -0.15) is 0 Å². The van der Waals surface area contributed by atoms with Crippen molar-refractivity contribution in [3.63, 3.8) is 0 Å². The van der Waals surface area contributed by atoms with E-state index in [9.17, 15) is 9.59 Å². The zero-order valence-corrected chi connectivity index (χ0v) is 10.9. The molecular weight excluding hydrogens is 222 g/mol. The quantitative estimate of drug-likeness (QED) is 0.763. The van der Waals surface area contributed by atoms with Gasteiger partial charge in [-0.05, 0) is 40.0 Å². The fourth-order valence-electron chi connectivity index (χ4n) is 1.54. The van der Waals surface area contributed by atoms with Crippen molar-refractivity contribution in [2.45, 2.75) is 39.7 Å². The molecule has 0 heterocycles. The van der Waals surface area contributed by atoms with Crippen LogP contribution in [0.1, 0.15) is 34.1 Å². The Hall–Kier alpha value is -1.26. The standard InChI is InChI=1S/C12H21NO4/c1-5-16-10(14)9-6-8(9)7-13-11(15)17-12(2,3)4/h8-9H,5-7H2,1-4H3,(H,13,15)/t8-,9-/m0/s1. The fourth-order valence-corrected chi connectivity index (χ4v) is 1.54. The summed E-state index contributed by atoms with van der Waals surface area (Å²) in [7, 11) is 0. The molecule has 1 amide bonds. The Labute approximate surface area is 102 Å². The zero-order chi connectivity index (χ0) is 13.1. The van der Waals surface area contributed by atoms with Crippen LogP contribution in [-0.2, 0) is 14.3 Å². The molecule has 0 radical (unpaired) electrons. The number of nitrogens with one attached hydrogen (secondary N) is 1. The van der Waals surface area contributed by atoms with E-state index < -0.39 is 11.7 Å². The second-order valence-electron chi connectivity index (χ2n) is 5.24. The zero-order valence-electron chi connectivity index (χ0n) is 10.9. The van der Waals surface area contributed by atoms with Crippen molar-refractivity contribution in [1.82, 2.24) is 5.32 Å². The van der Waals surface area contributed by atoms with Gasteiger partial charge < -0.3 is 14.8 Å². The number of rotatable bonds is 4. The summed E-state index contributed by atoms with van der Waals surface area (Å²) < 4.78 is 9.99. The molecule has 0 aromatic heterocycles. The Morgan fingerprint density at radius 2 is 2.00 bits per heavy atom. The van der Waals surface area contributed by atoms with E-state index in [4.69, 9.17) is 9.47 Å². The number of hydrogen-bond donors (Lipinski definition) is 1. The van der Waals surface area contributed by atoms with Gasteiger partial charge in [0.25, 0.3) is 0 Å². The van der Waals surface area contributed by atoms with Gasteiger partial charge in [0.2, 0.25) is 0 Å². The van der Waals surface area contributed by atoms with E-state index in [1.807, 2.05) is 20.8 Å². The minimum Gasteiger partial charge on any atom is -0.466 e. The maximum Gasteiger partial charge on any atom is 0.407 e. The lowest BCUT2D eigenvalue weighted by molar-refractivity contribution is -0.145. The van der Waals surface area contributed by atoms with Gasteiger partial charge >= 0.3 is 12.1 Å². The van der Waals surface area contributed by atoms with Gasteiger partial charge in [0.1, 0.15) is 5.60 Å². The second-order valence-corrected chi connectivity index (χ2v) is 5.24. The predicted molar refractivity (Wildman–Crippen MR) is 62.5 cm³/mol. The number of alkyl carbamates (subject to hydrolysis) is 1. The van der Waals surface area contributed by atoms with Crippen LogP contribution in [0.25, 0.3) is 0 Å². The molecule has 0 saturated heterocycles. The summed E-state index contributed by atoms with van der Waals surface area (Å²) in [5, 5.41) is 2.66. The van der Waals surface area contributed by atoms with Gasteiger partial charge in [-0.3, -0.25) is 4.79 Å². The van der Waals surface area contributed by atoms with Crippen LogP contribution >= 0.6 is 0 Å². The van der Waals surface area contributed by atoms with Crippen LogP contribution in [0.15, 0.2) is 0 Å². The summed E-state index contributed by atoms with van der Waals surface area (Å²) in [6.45, 7) is 8.09. The third-order valence-electron chi connectivity index (χ3n) is 2.42. The average molecular weight is 243 g/mol. The third kappa shape index (κ3) is 5.06. The molecule has 0 aromatic carbocycles. The fraction of sp³-hybridized carbons (Fsp3) is 0.833. The van der Waals surface area contributed by atoms with Crippen molar-refractivity contribution in [2.75, 3.05) is 13.2 Å². The molecule has 5 nitrogen and oxygen atoms in total. The molecule has 0 unspecified atom stereocenters. The second kappa shape index (κ2) is 5.38. The molecule has 98 valence electrons. The van der Waals surface area contributed by atoms with E-state index >= 15 is 0 Å². The van der Waals surface area contributed by atoms with E-state index in [2.05, 4.69) is 5.32 Å².